The summed E-state index contributed by atoms with van der Waals surface area (Å²) < 4.78 is 6.25. The summed E-state index contributed by atoms with van der Waals surface area (Å²) in [5.74, 6) is 1.57. The number of carbonyl (C=O) groups is 1. The van der Waals surface area contributed by atoms with Crippen LogP contribution in [0.5, 0.6) is 5.75 Å². The van der Waals surface area contributed by atoms with E-state index in [9.17, 15) is 4.79 Å². The molecule has 35 heavy (non-hydrogen) atoms. The summed E-state index contributed by atoms with van der Waals surface area (Å²) >= 11 is 6.57. The topological polar surface area (TPSA) is 32.8 Å². The number of ether oxygens (including phenoxy) is 1. The molecule has 0 N–H and O–H groups in total. The van der Waals surface area contributed by atoms with Crippen molar-refractivity contribution < 1.29 is 9.53 Å². The highest BCUT2D eigenvalue weighted by Crippen LogP contribution is 2.40. The lowest BCUT2D eigenvalue weighted by atomic mass is 9.89. The first-order chi connectivity index (χ1) is 17.2. The first kappa shape index (κ1) is 23.9. The molecule has 0 aliphatic carbocycles. The number of piperidine rings is 1. The third-order valence-corrected chi connectivity index (χ3v) is 7.57. The summed E-state index contributed by atoms with van der Waals surface area (Å²) in [7, 11) is 0. The second-order valence-electron chi connectivity index (χ2n) is 9.57. The van der Waals surface area contributed by atoms with Crippen molar-refractivity contribution in [2.75, 3.05) is 31.1 Å². The number of fused-ring (bicyclic) bond motifs is 1. The number of anilines is 1. The van der Waals surface area contributed by atoms with E-state index in [4.69, 9.17) is 16.3 Å². The second-order valence-corrected chi connectivity index (χ2v) is 9.98. The molecule has 2 aliphatic rings. The molecule has 1 amide bonds. The molecule has 1 fully saturated rings. The van der Waals surface area contributed by atoms with E-state index in [0.29, 0.717) is 36.9 Å². The Morgan fingerprint density at radius 3 is 2.34 bits per heavy atom. The number of nitrogens with zero attached hydrogens (tertiary/aromatic N) is 2. The molecule has 0 radical (unpaired) electrons. The van der Waals surface area contributed by atoms with Crippen molar-refractivity contribution in [3.05, 3.63) is 94.5 Å². The standard InChI is InChI=1S/C30H33ClN2O2/c31-27-13-14-28-26(12-15-29(34)33(28)22-23-8-3-1-4-9-23)30(27)35-21-7-18-32-19-16-25(17-20-32)24-10-5-2-6-11-24/h1-6,8-11,13-14,25H,7,12,15-22H2. The Kier molecular flexibility index (Phi) is 7.70. The van der Waals surface area contributed by atoms with E-state index in [1.54, 1.807) is 0 Å². The van der Waals surface area contributed by atoms with Crippen LogP contribution in [0.2, 0.25) is 5.02 Å². The van der Waals surface area contributed by atoms with Crippen LogP contribution in [0.15, 0.2) is 72.8 Å². The summed E-state index contributed by atoms with van der Waals surface area (Å²) in [4.78, 5) is 17.2. The Hall–Kier alpha value is -2.82. The lowest BCUT2D eigenvalue weighted by Gasteiger charge is -2.32. The maximum absolute atomic E-state index is 12.8. The molecule has 1 saturated heterocycles. The summed E-state index contributed by atoms with van der Waals surface area (Å²) in [5, 5.41) is 0.626. The fourth-order valence-electron chi connectivity index (χ4n) is 5.36. The second kappa shape index (κ2) is 11.3. The fourth-order valence-corrected chi connectivity index (χ4v) is 5.59. The van der Waals surface area contributed by atoms with Crippen LogP contribution in [-0.4, -0.2) is 37.0 Å². The van der Waals surface area contributed by atoms with E-state index in [-0.39, 0.29) is 5.91 Å². The van der Waals surface area contributed by atoms with Crippen molar-refractivity contribution >= 4 is 23.2 Å². The zero-order valence-electron chi connectivity index (χ0n) is 20.2. The summed E-state index contributed by atoms with van der Waals surface area (Å²) in [6.07, 6.45) is 4.54. The quantitative estimate of drug-likeness (QED) is 0.341. The van der Waals surface area contributed by atoms with Crippen LogP contribution in [0.25, 0.3) is 0 Å². The van der Waals surface area contributed by atoms with Gasteiger partial charge in [-0.05, 0) is 68.0 Å². The van der Waals surface area contributed by atoms with E-state index in [1.165, 1.54) is 18.4 Å². The number of likely N-dealkylation sites (tertiary alicyclic amines) is 1. The van der Waals surface area contributed by atoms with E-state index in [2.05, 4.69) is 47.4 Å². The molecular weight excluding hydrogens is 456 g/mol. The van der Waals surface area contributed by atoms with E-state index >= 15 is 0 Å². The molecule has 4 nitrogen and oxygen atoms in total. The van der Waals surface area contributed by atoms with Gasteiger partial charge in [-0.25, -0.2) is 0 Å². The molecule has 0 atom stereocenters. The smallest absolute Gasteiger partial charge is 0.227 e. The largest absolute Gasteiger partial charge is 0.492 e. The Labute approximate surface area is 213 Å². The molecule has 5 rings (SSSR count). The highest BCUT2D eigenvalue weighted by Gasteiger charge is 2.28. The molecule has 0 unspecified atom stereocenters. The molecule has 2 heterocycles. The maximum Gasteiger partial charge on any atom is 0.227 e. The minimum atomic E-state index is 0.147. The zero-order chi connectivity index (χ0) is 24.0. The van der Waals surface area contributed by atoms with Crippen molar-refractivity contribution in [1.82, 2.24) is 4.90 Å². The lowest BCUT2D eigenvalue weighted by molar-refractivity contribution is -0.119. The average Bonchev–Trinajstić information content (AvgIpc) is 2.90. The number of hydrogen-bond donors (Lipinski definition) is 0. The van der Waals surface area contributed by atoms with Crippen molar-refractivity contribution in [3.63, 3.8) is 0 Å². The number of hydrogen-bond acceptors (Lipinski definition) is 3. The summed E-state index contributed by atoms with van der Waals surface area (Å²) in [5.41, 5.74) is 4.56. The van der Waals surface area contributed by atoms with Gasteiger partial charge in [0.2, 0.25) is 5.91 Å². The number of amides is 1. The minimum absolute atomic E-state index is 0.147. The highest BCUT2D eigenvalue weighted by atomic mass is 35.5. The zero-order valence-corrected chi connectivity index (χ0v) is 20.9. The van der Waals surface area contributed by atoms with Crippen LogP contribution in [0.3, 0.4) is 0 Å². The third kappa shape index (κ3) is 5.71. The van der Waals surface area contributed by atoms with Crippen molar-refractivity contribution in [3.8, 4) is 5.75 Å². The first-order valence-electron chi connectivity index (χ1n) is 12.7. The van der Waals surface area contributed by atoms with Gasteiger partial charge in [-0.1, -0.05) is 72.3 Å². The summed E-state index contributed by atoms with van der Waals surface area (Å²) in [6, 6.07) is 24.8. The van der Waals surface area contributed by atoms with Crippen LogP contribution in [0.1, 0.15) is 48.3 Å². The molecule has 182 valence electrons. The average molecular weight is 489 g/mol. The van der Waals surface area contributed by atoms with Gasteiger partial charge in [0.15, 0.2) is 0 Å². The number of rotatable bonds is 8. The highest BCUT2D eigenvalue weighted by molar-refractivity contribution is 6.32. The van der Waals surface area contributed by atoms with Crippen LogP contribution >= 0.6 is 11.6 Å². The molecule has 5 heteroatoms. The predicted octanol–water partition coefficient (Wildman–Crippen LogP) is 6.47. The number of carbonyl (C=O) groups excluding carboxylic acids is 1. The molecule has 3 aromatic rings. The van der Waals surface area contributed by atoms with Gasteiger partial charge in [-0.2, -0.15) is 0 Å². The molecule has 0 bridgehead atoms. The number of benzene rings is 3. The van der Waals surface area contributed by atoms with Gasteiger partial charge in [0.1, 0.15) is 5.75 Å². The molecule has 3 aromatic carbocycles. The van der Waals surface area contributed by atoms with Crippen LogP contribution in [0, 0.1) is 0 Å². The van der Waals surface area contributed by atoms with E-state index in [0.717, 1.165) is 48.6 Å². The lowest BCUT2D eigenvalue weighted by Crippen LogP contribution is -2.35. The predicted molar refractivity (Wildman–Crippen MR) is 142 cm³/mol. The van der Waals surface area contributed by atoms with E-state index < -0.39 is 0 Å². The van der Waals surface area contributed by atoms with Crippen molar-refractivity contribution in [2.24, 2.45) is 0 Å². The normalized spacial score (nSPS) is 16.8. The van der Waals surface area contributed by atoms with Gasteiger partial charge in [-0.3, -0.25) is 4.79 Å². The van der Waals surface area contributed by atoms with Gasteiger partial charge in [0.25, 0.3) is 0 Å². The van der Waals surface area contributed by atoms with Crippen LogP contribution < -0.4 is 9.64 Å². The Morgan fingerprint density at radius 2 is 1.60 bits per heavy atom. The SMILES string of the molecule is O=C1CCc2c(ccc(Cl)c2OCCCN2CCC(c3ccccc3)CC2)N1Cc1ccccc1. The third-order valence-electron chi connectivity index (χ3n) is 7.28. The van der Waals surface area contributed by atoms with Gasteiger partial charge in [-0.15, -0.1) is 0 Å². The minimum Gasteiger partial charge on any atom is -0.492 e. The van der Waals surface area contributed by atoms with Gasteiger partial charge in [0, 0.05) is 18.5 Å². The Morgan fingerprint density at radius 1 is 0.886 bits per heavy atom. The summed E-state index contributed by atoms with van der Waals surface area (Å²) in [6.45, 7) is 4.50. The Balaban J connectivity index is 1.17. The first-order valence-corrected chi connectivity index (χ1v) is 13.1. The number of halogens is 1. The van der Waals surface area contributed by atoms with Crippen LogP contribution in [-0.2, 0) is 17.8 Å². The van der Waals surface area contributed by atoms with Gasteiger partial charge < -0.3 is 14.5 Å². The Bertz CT molecular complexity index is 1130. The molecule has 0 saturated carbocycles. The fraction of sp³-hybridized carbons (Fsp3) is 0.367. The van der Waals surface area contributed by atoms with Gasteiger partial charge >= 0.3 is 0 Å². The molecule has 0 aromatic heterocycles. The maximum atomic E-state index is 12.8. The van der Waals surface area contributed by atoms with Crippen LogP contribution in [0.4, 0.5) is 5.69 Å². The molecular formula is C30H33ClN2O2. The van der Waals surface area contributed by atoms with E-state index in [1.807, 2.05) is 35.2 Å². The molecule has 2 aliphatic heterocycles. The van der Waals surface area contributed by atoms with Crippen molar-refractivity contribution in [2.45, 2.75) is 44.6 Å². The monoisotopic (exact) mass is 488 g/mol. The van der Waals surface area contributed by atoms with Crippen molar-refractivity contribution in [1.29, 1.82) is 0 Å². The van der Waals surface area contributed by atoms with Gasteiger partial charge in [0.05, 0.1) is 23.9 Å². The molecule has 0 spiro atoms.